The van der Waals surface area contributed by atoms with Gasteiger partial charge in [-0.05, 0) is 50.8 Å². The highest BCUT2D eigenvalue weighted by atomic mass is 16.3. The molecule has 1 unspecified atom stereocenters. The molecular weight excluding hydrogens is 252 g/mol. The van der Waals surface area contributed by atoms with Gasteiger partial charge < -0.3 is 15.7 Å². The maximum Gasteiger partial charge on any atom is 0.227 e. The van der Waals surface area contributed by atoms with Crippen LogP contribution in [-0.2, 0) is 11.2 Å². The first-order valence-corrected chi connectivity index (χ1v) is 7.22. The van der Waals surface area contributed by atoms with Crippen LogP contribution in [0.3, 0.4) is 0 Å². The maximum atomic E-state index is 12.4. The number of aryl methyl sites for hydroxylation is 2. The third kappa shape index (κ3) is 3.73. The van der Waals surface area contributed by atoms with E-state index in [2.05, 4.69) is 0 Å². The molecule has 0 heterocycles. The average Bonchev–Trinajstić information content (AvgIpc) is 2.43. The highest BCUT2D eigenvalue weighted by Crippen LogP contribution is 2.24. The molecule has 0 spiro atoms. The number of amides is 1. The van der Waals surface area contributed by atoms with Gasteiger partial charge in [0.15, 0.2) is 0 Å². The van der Waals surface area contributed by atoms with Crippen molar-refractivity contribution in [3.63, 3.8) is 0 Å². The van der Waals surface area contributed by atoms with Crippen LogP contribution in [0, 0.1) is 19.8 Å². The highest BCUT2D eigenvalue weighted by molar-refractivity contribution is 5.79. The molecule has 1 amide bonds. The fourth-order valence-corrected chi connectivity index (χ4v) is 2.51. The van der Waals surface area contributed by atoms with E-state index in [0.717, 1.165) is 16.7 Å². The summed E-state index contributed by atoms with van der Waals surface area (Å²) >= 11 is 0. The number of carbonyl (C=O) groups excluding carboxylic acids is 1. The van der Waals surface area contributed by atoms with Crippen LogP contribution in [0.1, 0.15) is 30.5 Å². The number of nitrogens with zero attached hydrogens (tertiary/aromatic N) is 1. The standard InChI is InChI=1S/C16H26N2O2/c1-5-18(6-2)16(20)14(10-17)9-13-7-11(3)15(19)12(4)8-13/h7-8,14,19H,5-6,9-10,17H2,1-4H3. The van der Waals surface area contributed by atoms with Crippen molar-refractivity contribution in [1.82, 2.24) is 4.90 Å². The Morgan fingerprint density at radius 3 is 2.15 bits per heavy atom. The lowest BCUT2D eigenvalue weighted by Crippen LogP contribution is -2.39. The Labute approximate surface area is 121 Å². The second-order valence-corrected chi connectivity index (χ2v) is 5.23. The first-order valence-electron chi connectivity index (χ1n) is 7.22. The zero-order valence-corrected chi connectivity index (χ0v) is 12.9. The van der Waals surface area contributed by atoms with Gasteiger partial charge in [-0.2, -0.15) is 0 Å². The third-order valence-corrected chi connectivity index (χ3v) is 3.74. The van der Waals surface area contributed by atoms with Crippen LogP contribution in [0.4, 0.5) is 0 Å². The molecule has 3 N–H and O–H groups in total. The number of carbonyl (C=O) groups is 1. The molecule has 1 aromatic carbocycles. The second kappa shape index (κ2) is 7.29. The monoisotopic (exact) mass is 278 g/mol. The summed E-state index contributed by atoms with van der Waals surface area (Å²) in [6.45, 7) is 9.45. The second-order valence-electron chi connectivity index (χ2n) is 5.23. The van der Waals surface area contributed by atoms with E-state index in [-0.39, 0.29) is 11.8 Å². The predicted octanol–water partition coefficient (Wildman–Crippen LogP) is 1.99. The predicted molar refractivity (Wildman–Crippen MR) is 81.8 cm³/mol. The van der Waals surface area contributed by atoms with Gasteiger partial charge in [-0.3, -0.25) is 4.79 Å². The Morgan fingerprint density at radius 2 is 1.75 bits per heavy atom. The molecule has 112 valence electrons. The third-order valence-electron chi connectivity index (χ3n) is 3.74. The van der Waals surface area contributed by atoms with Crippen LogP contribution in [0.5, 0.6) is 5.75 Å². The molecule has 1 rings (SSSR count). The minimum atomic E-state index is -0.196. The van der Waals surface area contributed by atoms with Gasteiger partial charge in [0.2, 0.25) is 5.91 Å². The Kier molecular flexibility index (Phi) is 6.02. The molecule has 1 aromatic rings. The zero-order chi connectivity index (χ0) is 15.3. The van der Waals surface area contributed by atoms with Gasteiger partial charge >= 0.3 is 0 Å². The van der Waals surface area contributed by atoms with Crippen molar-refractivity contribution in [2.24, 2.45) is 11.7 Å². The van der Waals surface area contributed by atoms with Crippen LogP contribution in [0.15, 0.2) is 12.1 Å². The summed E-state index contributed by atoms with van der Waals surface area (Å²) < 4.78 is 0. The largest absolute Gasteiger partial charge is 0.507 e. The van der Waals surface area contributed by atoms with E-state index in [1.165, 1.54) is 0 Å². The molecule has 0 aromatic heterocycles. The Bertz CT molecular complexity index is 445. The first kappa shape index (κ1) is 16.5. The molecule has 20 heavy (non-hydrogen) atoms. The summed E-state index contributed by atoms with van der Waals surface area (Å²) in [5.41, 5.74) is 8.51. The molecule has 0 aliphatic carbocycles. The van der Waals surface area contributed by atoms with E-state index in [1.54, 1.807) is 0 Å². The van der Waals surface area contributed by atoms with E-state index >= 15 is 0 Å². The van der Waals surface area contributed by atoms with Crippen molar-refractivity contribution >= 4 is 5.91 Å². The van der Waals surface area contributed by atoms with Crippen LogP contribution < -0.4 is 5.73 Å². The lowest BCUT2D eigenvalue weighted by molar-refractivity contribution is -0.134. The molecular formula is C16H26N2O2. The topological polar surface area (TPSA) is 66.6 Å². The van der Waals surface area contributed by atoms with E-state index in [1.807, 2.05) is 44.7 Å². The summed E-state index contributed by atoms with van der Waals surface area (Å²) in [6.07, 6.45) is 0.619. The van der Waals surface area contributed by atoms with Gasteiger partial charge in [-0.15, -0.1) is 0 Å². The van der Waals surface area contributed by atoms with Crippen LogP contribution >= 0.6 is 0 Å². The summed E-state index contributed by atoms with van der Waals surface area (Å²) in [6, 6.07) is 3.86. The quantitative estimate of drug-likeness (QED) is 0.836. The minimum absolute atomic E-state index is 0.112. The molecule has 0 fully saturated rings. The van der Waals surface area contributed by atoms with Gasteiger partial charge in [0.1, 0.15) is 5.75 Å². The summed E-state index contributed by atoms with van der Waals surface area (Å²) in [4.78, 5) is 14.2. The Hall–Kier alpha value is -1.55. The fourth-order valence-electron chi connectivity index (χ4n) is 2.51. The summed E-state index contributed by atoms with van der Waals surface area (Å²) in [5, 5.41) is 9.80. The highest BCUT2D eigenvalue weighted by Gasteiger charge is 2.22. The van der Waals surface area contributed by atoms with Gasteiger partial charge in [-0.25, -0.2) is 0 Å². The molecule has 4 heteroatoms. The number of hydrogen-bond acceptors (Lipinski definition) is 3. The summed E-state index contributed by atoms with van der Waals surface area (Å²) in [5.74, 6) is 0.243. The maximum absolute atomic E-state index is 12.4. The molecule has 4 nitrogen and oxygen atoms in total. The lowest BCUT2D eigenvalue weighted by Gasteiger charge is -2.24. The van der Waals surface area contributed by atoms with Crippen molar-refractivity contribution < 1.29 is 9.90 Å². The SMILES string of the molecule is CCN(CC)C(=O)C(CN)Cc1cc(C)c(O)c(C)c1. The first-order chi connectivity index (χ1) is 9.44. The molecule has 0 aliphatic heterocycles. The number of nitrogens with two attached hydrogens (primary N) is 1. The van der Waals surface area contributed by atoms with Gasteiger partial charge in [0.25, 0.3) is 0 Å². The number of benzene rings is 1. The molecule has 0 bridgehead atoms. The van der Waals surface area contributed by atoms with Crippen LogP contribution in [0.2, 0.25) is 0 Å². The van der Waals surface area contributed by atoms with Crippen molar-refractivity contribution in [3.05, 3.63) is 28.8 Å². The van der Waals surface area contributed by atoms with Crippen molar-refractivity contribution in [3.8, 4) is 5.75 Å². The van der Waals surface area contributed by atoms with Crippen molar-refractivity contribution in [2.45, 2.75) is 34.1 Å². The zero-order valence-electron chi connectivity index (χ0n) is 12.9. The van der Waals surface area contributed by atoms with Gasteiger partial charge in [-0.1, -0.05) is 12.1 Å². The van der Waals surface area contributed by atoms with Gasteiger partial charge in [0.05, 0.1) is 5.92 Å². The number of rotatable bonds is 6. The molecule has 1 atom stereocenters. The Morgan fingerprint density at radius 1 is 1.25 bits per heavy atom. The number of hydrogen-bond donors (Lipinski definition) is 2. The van der Waals surface area contributed by atoms with Crippen LogP contribution in [-0.4, -0.2) is 35.5 Å². The average molecular weight is 278 g/mol. The molecule has 0 radical (unpaired) electrons. The lowest BCUT2D eigenvalue weighted by atomic mass is 9.95. The Balaban J connectivity index is 2.91. The summed E-state index contributed by atoms with van der Waals surface area (Å²) in [7, 11) is 0. The van der Waals surface area contributed by atoms with Gasteiger partial charge in [0, 0.05) is 19.6 Å². The molecule has 0 saturated carbocycles. The number of aromatic hydroxyl groups is 1. The van der Waals surface area contributed by atoms with E-state index in [9.17, 15) is 9.90 Å². The van der Waals surface area contributed by atoms with Crippen molar-refractivity contribution in [1.29, 1.82) is 0 Å². The number of phenols is 1. The van der Waals surface area contributed by atoms with Crippen molar-refractivity contribution in [2.75, 3.05) is 19.6 Å². The van der Waals surface area contributed by atoms with Crippen LogP contribution in [0.25, 0.3) is 0 Å². The number of phenolic OH excluding ortho intramolecular Hbond substituents is 1. The normalized spacial score (nSPS) is 12.2. The minimum Gasteiger partial charge on any atom is -0.507 e. The molecule has 0 aliphatic rings. The fraction of sp³-hybridized carbons (Fsp3) is 0.562. The van der Waals surface area contributed by atoms with E-state index in [0.29, 0.717) is 31.8 Å². The smallest absolute Gasteiger partial charge is 0.227 e. The van der Waals surface area contributed by atoms with E-state index in [4.69, 9.17) is 5.73 Å². The molecule has 0 saturated heterocycles. The van der Waals surface area contributed by atoms with E-state index < -0.39 is 0 Å².